The van der Waals surface area contributed by atoms with E-state index in [0.29, 0.717) is 32.0 Å². The largest absolute Gasteiger partial charge is 0.451 e. The number of carbonyl (C=O) groups excluding carboxylic acids is 1. The average Bonchev–Trinajstić information content (AvgIpc) is 3.12. The molecule has 25 heavy (non-hydrogen) atoms. The number of likely N-dealkylation sites (tertiary alicyclic amines) is 1. The fourth-order valence-corrected chi connectivity index (χ4v) is 3.50. The summed E-state index contributed by atoms with van der Waals surface area (Å²) in [5.74, 6) is -0.116. The molecule has 4 rings (SSSR count). The Morgan fingerprint density at radius 3 is 3.08 bits per heavy atom. The van der Waals surface area contributed by atoms with Gasteiger partial charge < -0.3 is 18.8 Å². The summed E-state index contributed by atoms with van der Waals surface area (Å²) in [6.07, 6.45) is 4.42. The van der Waals surface area contributed by atoms with E-state index in [1.54, 1.807) is 4.90 Å². The molecule has 1 atom stereocenters. The molecule has 0 saturated carbocycles. The Morgan fingerprint density at radius 2 is 2.32 bits per heavy atom. The first-order chi connectivity index (χ1) is 12.1. The lowest BCUT2D eigenvalue weighted by molar-refractivity contribution is -0.188. The maximum Gasteiger partial charge on any atom is 0.276 e. The standard InChI is InChI=1S/C18H21N3O4/c1-13-3-2-4-14(20-13)8-24-15-5-6-25-18(7-15)10-21(11-18)17(22)16-9-23-12-19-16/h2-4,9,12,15H,5-8,10-11H2,1H3. The van der Waals surface area contributed by atoms with E-state index in [0.717, 1.165) is 24.2 Å². The van der Waals surface area contributed by atoms with Gasteiger partial charge in [0.2, 0.25) is 0 Å². The molecule has 0 bridgehead atoms. The lowest BCUT2D eigenvalue weighted by Gasteiger charge is -2.52. The second kappa shape index (κ2) is 6.57. The summed E-state index contributed by atoms with van der Waals surface area (Å²) in [7, 11) is 0. The van der Waals surface area contributed by atoms with Crippen molar-refractivity contribution in [2.75, 3.05) is 19.7 Å². The van der Waals surface area contributed by atoms with Crippen LogP contribution in [0, 0.1) is 6.92 Å². The van der Waals surface area contributed by atoms with Gasteiger partial charge >= 0.3 is 0 Å². The number of pyridine rings is 1. The molecule has 2 aliphatic rings. The van der Waals surface area contributed by atoms with Crippen LogP contribution in [0.4, 0.5) is 0 Å². The van der Waals surface area contributed by atoms with Crippen molar-refractivity contribution in [3.63, 3.8) is 0 Å². The Bertz CT molecular complexity index is 741. The van der Waals surface area contributed by atoms with Crippen LogP contribution in [0.2, 0.25) is 0 Å². The van der Waals surface area contributed by atoms with Crippen LogP contribution in [0.1, 0.15) is 34.7 Å². The van der Waals surface area contributed by atoms with Crippen molar-refractivity contribution in [3.05, 3.63) is 47.9 Å². The number of rotatable bonds is 4. The molecule has 2 aromatic rings. The summed E-state index contributed by atoms with van der Waals surface area (Å²) < 4.78 is 16.9. The second-order valence-electron chi connectivity index (χ2n) is 6.76. The molecule has 2 saturated heterocycles. The van der Waals surface area contributed by atoms with Gasteiger partial charge in [-0.1, -0.05) is 6.07 Å². The normalized spacial score (nSPS) is 22.0. The number of oxazole rings is 1. The van der Waals surface area contributed by atoms with E-state index in [4.69, 9.17) is 13.9 Å². The third kappa shape index (κ3) is 3.43. The molecule has 0 radical (unpaired) electrons. The van der Waals surface area contributed by atoms with Crippen LogP contribution >= 0.6 is 0 Å². The Kier molecular flexibility index (Phi) is 4.27. The molecular weight excluding hydrogens is 322 g/mol. The third-order valence-electron chi connectivity index (χ3n) is 4.76. The van der Waals surface area contributed by atoms with Gasteiger partial charge in [-0.2, -0.15) is 0 Å². The van der Waals surface area contributed by atoms with E-state index in [2.05, 4.69) is 9.97 Å². The minimum absolute atomic E-state index is 0.116. The highest BCUT2D eigenvalue weighted by molar-refractivity contribution is 5.92. The first-order valence-corrected chi connectivity index (χ1v) is 8.49. The van der Waals surface area contributed by atoms with Crippen molar-refractivity contribution >= 4 is 5.91 Å². The molecule has 2 aliphatic heterocycles. The minimum atomic E-state index is -0.289. The van der Waals surface area contributed by atoms with E-state index in [-0.39, 0.29) is 17.6 Å². The van der Waals surface area contributed by atoms with Crippen molar-refractivity contribution < 1.29 is 18.7 Å². The number of carbonyl (C=O) groups is 1. The van der Waals surface area contributed by atoms with E-state index < -0.39 is 0 Å². The van der Waals surface area contributed by atoms with Crippen LogP contribution in [0.5, 0.6) is 0 Å². The van der Waals surface area contributed by atoms with E-state index >= 15 is 0 Å². The SMILES string of the molecule is Cc1cccc(COC2CCOC3(C2)CN(C(=O)c2cocn2)C3)n1. The predicted molar refractivity (Wildman–Crippen MR) is 87.9 cm³/mol. The van der Waals surface area contributed by atoms with Crippen molar-refractivity contribution in [1.82, 2.24) is 14.9 Å². The summed E-state index contributed by atoms with van der Waals surface area (Å²) in [6.45, 7) is 4.27. The lowest BCUT2D eigenvalue weighted by Crippen LogP contribution is -2.67. The highest BCUT2D eigenvalue weighted by atomic mass is 16.5. The minimum Gasteiger partial charge on any atom is -0.451 e. The third-order valence-corrected chi connectivity index (χ3v) is 4.76. The molecule has 1 spiro atoms. The Hall–Kier alpha value is -2.25. The fraction of sp³-hybridized carbons (Fsp3) is 0.500. The van der Waals surface area contributed by atoms with Crippen molar-refractivity contribution in [2.45, 2.75) is 38.1 Å². The molecule has 7 heteroatoms. The van der Waals surface area contributed by atoms with Crippen molar-refractivity contribution in [3.8, 4) is 0 Å². The molecule has 2 aromatic heterocycles. The lowest BCUT2D eigenvalue weighted by atomic mass is 9.84. The Balaban J connectivity index is 1.31. The summed E-state index contributed by atoms with van der Waals surface area (Å²) >= 11 is 0. The molecule has 0 aliphatic carbocycles. The average molecular weight is 343 g/mol. The quantitative estimate of drug-likeness (QED) is 0.845. The maximum atomic E-state index is 12.2. The number of ether oxygens (including phenoxy) is 2. The summed E-state index contributed by atoms with van der Waals surface area (Å²) in [6, 6.07) is 5.94. The van der Waals surface area contributed by atoms with Gasteiger partial charge in [0.25, 0.3) is 5.91 Å². The molecule has 0 aromatic carbocycles. The first kappa shape index (κ1) is 16.2. The highest BCUT2D eigenvalue weighted by Crippen LogP contribution is 2.36. The second-order valence-corrected chi connectivity index (χ2v) is 6.76. The molecule has 4 heterocycles. The molecule has 2 fully saturated rings. The highest BCUT2D eigenvalue weighted by Gasteiger charge is 2.50. The molecule has 1 unspecified atom stereocenters. The number of nitrogens with zero attached hydrogens (tertiary/aromatic N) is 3. The van der Waals surface area contributed by atoms with Crippen molar-refractivity contribution in [2.24, 2.45) is 0 Å². The van der Waals surface area contributed by atoms with Gasteiger partial charge in [0, 0.05) is 18.7 Å². The monoisotopic (exact) mass is 343 g/mol. The van der Waals surface area contributed by atoms with Gasteiger partial charge in [0.05, 0.1) is 31.5 Å². The zero-order valence-electron chi connectivity index (χ0n) is 14.2. The van der Waals surface area contributed by atoms with Crippen LogP contribution in [-0.4, -0.2) is 52.2 Å². The van der Waals surface area contributed by atoms with E-state index in [1.165, 1.54) is 12.7 Å². The van der Waals surface area contributed by atoms with E-state index in [9.17, 15) is 4.79 Å². The number of amides is 1. The topological polar surface area (TPSA) is 77.7 Å². The summed E-state index contributed by atoms with van der Waals surface area (Å²) in [5, 5.41) is 0. The van der Waals surface area contributed by atoms with Gasteiger partial charge in [-0.05, 0) is 25.5 Å². The predicted octanol–water partition coefficient (Wildman–Crippen LogP) is 1.97. The molecule has 7 nitrogen and oxygen atoms in total. The first-order valence-electron chi connectivity index (χ1n) is 8.49. The van der Waals surface area contributed by atoms with Gasteiger partial charge in [-0.15, -0.1) is 0 Å². The van der Waals surface area contributed by atoms with E-state index in [1.807, 2.05) is 25.1 Å². The van der Waals surface area contributed by atoms with Gasteiger partial charge in [0.1, 0.15) is 11.9 Å². The van der Waals surface area contributed by atoms with Crippen LogP contribution in [0.3, 0.4) is 0 Å². The molecule has 132 valence electrons. The summed E-state index contributed by atoms with van der Waals surface area (Å²) in [4.78, 5) is 22.4. The molecular formula is C18H21N3O4. The van der Waals surface area contributed by atoms with Gasteiger partial charge in [-0.25, -0.2) is 4.98 Å². The number of aromatic nitrogens is 2. The fourth-order valence-electron chi connectivity index (χ4n) is 3.50. The van der Waals surface area contributed by atoms with Crippen LogP contribution < -0.4 is 0 Å². The Labute approximate surface area is 146 Å². The number of hydrogen-bond donors (Lipinski definition) is 0. The maximum absolute atomic E-state index is 12.2. The molecule has 1 amide bonds. The molecule has 0 N–H and O–H groups in total. The van der Waals surface area contributed by atoms with Crippen LogP contribution in [0.15, 0.2) is 35.3 Å². The zero-order valence-corrected chi connectivity index (χ0v) is 14.2. The van der Waals surface area contributed by atoms with Gasteiger partial charge in [0.15, 0.2) is 12.1 Å². The number of hydrogen-bond acceptors (Lipinski definition) is 6. The van der Waals surface area contributed by atoms with Gasteiger partial charge in [-0.3, -0.25) is 9.78 Å². The van der Waals surface area contributed by atoms with Crippen molar-refractivity contribution in [1.29, 1.82) is 0 Å². The Morgan fingerprint density at radius 1 is 1.44 bits per heavy atom. The summed E-state index contributed by atoms with van der Waals surface area (Å²) in [5.41, 5.74) is 1.98. The number of aryl methyl sites for hydroxylation is 1. The van der Waals surface area contributed by atoms with Crippen LogP contribution in [-0.2, 0) is 16.1 Å². The van der Waals surface area contributed by atoms with Crippen LogP contribution in [0.25, 0.3) is 0 Å². The zero-order chi connectivity index (χ0) is 17.3. The smallest absolute Gasteiger partial charge is 0.276 e.